The van der Waals surface area contributed by atoms with Crippen LogP contribution in [0.2, 0.25) is 0 Å². The van der Waals surface area contributed by atoms with Gasteiger partial charge in [0, 0.05) is 18.5 Å². The molecule has 2 aliphatic rings. The maximum atomic E-state index is 11.7. The third-order valence-corrected chi connectivity index (χ3v) is 3.90. The van der Waals surface area contributed by atoms with E-state index in [-0.39, 0.29) is 12.0 Å². The summed E-state index contributed by atoms with van der Waals surface area (Å²) in [6.07, 6.45) is 6.21. The van der Waals surface area contributed by atoms with E-state index in [1.54, 1.807) is 0 Å². The molecule has 0 aromatic heterocycles. The maximum absolute atomic E-state index is 11.7. The highest BCUT2D eigenvalue weighted by molar-refractivity contribution is 6.20. The minimum absolute atomic E-state index is 0.0641. The van der Waals surface area contributed by atoms with Crippen molar-refractivity contribution in [3.63, 3.8) is 0 Å². The Morgan fingerprint density at radius 3 is 2.88 bits per heavy atom. The van der Waals surface area contributed by atoms with Crippen LogP contribution in [-0.4, -0.2) is 30.5 Å². The summed E-state index contributed by atoms with van der Waals surface area (Å²) in [6.45, 7) is 1.49. The Labute approximate surface area is 102 Å². The highest BCUT2D eigenvalue weighted by atomic mass is 35.5. The number of nitrogens with one attached hydrogen (secondary N) is 1. The molecule has 0 aromatic carbocycles. The maximum Gasteiger partial charge on any atom is 0.249 e. The highest BCUT2D eigenvalue weighted by Gasteiger charge is 2.25. The van der Waals surface area contributed by atoms with Crippen LogP contribution in [0.1, 0.15) is 38.5 Å². The summed E-state index contributed by atoms with van der Waals surface area (Å²) in [7, 11) is 0. The standard InChI is InChI=1S/C12H20ClNO2/c13-10-4-1-3-9(7-10)8-14-12(15)11-5-2-6-16-11/h9-11H,1-8H2,(H,14,15). The zero-order valence-electron chi connectivity index (χ0n) is 9.58. The van der Waals surface area contributed by atoms with Crippen molar-refractivity contribution in [1.29, 1.82) is 0 Å². The molecule has 3 nitrogen and oxygen atoms in total. The van der Waals surface area contributed by atoms with Crippen molar-refractivity contribution in [3.05, 3.63) is 0 Å². The van der Waals surface area contributed by atoms with E-state index in [9.17, 15) is 4.79 Å². The Balaban J connectivity index is 1.67. The molecular formula is C12H20ClNO2. The number of ether oxygens (including phenoxy) is 1. The van der Waals surface area contributed by atoms with Gasteiger partial charge in [-0.15, -0.1) is 11.6 Å². The Morgan fingerprint density at radius 1 is 1.31 bits per heavy atom. The van der Waals surface area contributed by atoms with Crippen molar-refractivity contribution in [1.82, 2.24) is 5.32 Å². The monoisotopic (exact) mass is 245 g/mol. The molecule has 3 atom stereocenters. The molecule has 1 aliphatic heterocycles. The average Bonchev–Trinajstić information content (AvgIpc) is 2.79. The van der Waals surface area contributed by atoms with Crippen LogP contribution in [0.3, 0.4) is 0 Å². The fraction of sp³-hybridized carbons (Fsp3) is 0.917. The zero-order chi connectivity index (χ0) is 11.4. The van der Waals surface area contributed by atoms with Crippen molar-refractivity contribution in [2.24, 2.45) is 5.92 Å². The van der Waals surface area contributed by atoms with E-state index in [2.05, 4.69) is 5.32 Å². The Kier molecular flexibility index (Phi) is 4.47. The summed E-state index contributed by atoms with van der Waals surface area (Å²) in [5.41, 5.74) is 0. The molecule has 3 unspecified atom stereocenters. The van der Waals surface area contributed by atoms with Crippen LogP contribution in [-0.2, 0) is 9.53 Å². The molecule has 16 heavy (non-hydrogen) atoms. The normalized spacial score (nSPS) is 34.9. The van der Waals surface area contributed by atoms with Crippen LogP contribution in [0.25, 0.3) is 0 Å². The van der Waals surface area contributed by atoms with E-state index in [0.717, 1.165) is 38.8 Å². The summed E-state index contributed by atoms with van der Waals surface area (Å²) in [5, 5.41) is 3.30. The van der Waals surface area contributed by atoms with Gasteiger partial charge in [0.15, 0.2) is 0 Å². The van der Waals surface area contributed by atoms with E-state index < -0.39 is 0 Å². The molecule has 1 heterocycles. The molecule has 2 rings (SSSR count). The van der Waals surface area contributed by atoms with Crippen LogP contribution in [0.5, 0.6) is 0 Å². The molecular weight excluding hydrogens is 226 g/mol. The minimum atomic E-state index is -0.199. The Bertz CT molecular complexity index is 241. The lowest BCUT2D eigenvalue weighted by Crippen LogP contribution is -2.38. The fourth-order valence-electron chi connectivity index (χ4n) is 2.55. The number of halogens is 1. The molecule has 2 fully saturated rings. The molecule has 1 N–H and O–H groups in total. The van der Waals surface area contributed by atoms with Gasteiger partial charge < -0.3 is 10.1 Å². The number of amides is 1. The van der Waals surface area contributed by atoms with E-state index in [0.29, 0.717) is 11.3 Å². The Hall–Kier alpha value is -0.280. The van der Waals surface area contributed by atoms with E-state index in [1.165, 1.54) is 12.8 Å². The topological polar surface area (TPSA) is 38.3 Å². The van der Waals surface area contributed by atoms with Crippen LogP contribution in [0, 0.1) is 5.92 Å². The summed E-state index contributed by atoms with van der Waals surface area (Å²) in [4.78, 5) is 11.7. The summed E-state index contributed by atoms with van der Waals surface area (Å²) in [6, 6.07) is 0. The molecule has 1 saturated carbocycles. The third kappa shape index (κ3) is 3.36. The second kappa shape index (κ2) is 5.87. The van der Waals surface area contributed by atoms with Crippen molar-refractivity contribution in [3.8, 4) is 0 Å². The van der Waals surface area contributed by atoms with E-state index in [1.807, 2.05) is 0 Å². The van der Waals surface area contributed by atoms with Crippen molar-refractivity contribution < 1.29 is 9.53 Å². The predicted octanol–water partition coefficient (Wildman–Crippen LogP) is 2.08. The second-order valence-electron chi connectivity index (χ2n) is 4.88. The van der Waals surface area contributed by atoms with E-state index >= 15 is 0 Å². The van der Waals surface area contributed by atoms with Crippen molar-refractivity contribution in [2.45, 2.75) is 50.0 Å². The zero-order valence-corrected chi connectivity index (χ0v) is 10.3. The van der Waals surface area contributed by atoms with Crippen LogP contribution < -0.4 is 5.32 Å². The van der Waals surface area contributed by atoms with Gasteiger partial charge in [-0.3, -0.25) is 4.79 Å². The van der Waals surface area contributed by atoms with Crippen molar-refractivity contribution in [2.75, 3.05) is 13.2 Å². The molecule has 0 radical (unpaired) electrons. The van der Waals surface area contributed by atoms with Gasteiger partial charge >= 0.3 is 0 Å². The van der Waals surface area contributed by atoms with Gasteiger partial charge in [0.2, 0.25) is 5.91 Å². The van der Waals surface area contributed by atoms with Crippen molar-refractivity contribution >= 4 is 17.5 Å². The first-order valence-electron chi connectivity index (χ1n) is 6.29. The van der Waals surface area contributed by atoms with Gasteiger partial charge in [0.05, 0.1) is 0 Å². The number of hydrogen-bond donors (Lipinski definition) is 1. The molecule has 0 bridgehead atoms. The molecule has 92 valence electrons. The summed E-state index contributed by atoms with van der Waals surface area (Å²) in [5.74, 6) is 0.621. The number of rotatable bonds is 3. The van der Waals surface area contributed by atoms with Gasteiger partial charge in [-0.05, 0) is 38.0 Å². The number of carbonyl (C=O) groups is 1. The number of hydrogen-bond acceptors (Lipinski definition) is 2. The predicted molar refractivity (Wildman–Crippen MR) is 63.6 cm³/mol. The van der Waals surface area contributed by atoms with Crippen LogP contribution >= 0.6 is 11.6 Å². The fourth-order valence-corrected chi connectivity index (χ4v) is 2.96. The summed E-state index contributed by atoms with van der Waals surface area (Å²) >= 11 is 6.12. The molecule has 4 heteroatoms. The second-order valence-corrected chi connectivity index (χ2v) is 5.49. The quantitative estimate of drug-likeness (QED) is 0.774. The molecule has 1 aliphatic carbocycles. The SMILES string of the molecule is O=C(NCC1CCCC(Cl)C1)C1CCCO1. The average molecular weight is 246 g/mol. The van der Waals surface area contributed by atoms with Gasteiger partial charge in [0.1, 0.15) is 6.10 Å². The van der Waals surface area contributed by atoms with E-state index in [4.69, 9.17) is 16.3 Å². The first kappa shape index (κ1) is 12.2. The lowest BCUT2D eigenvalue weighted by molar-refractivity contribution is -0.130. The summed E-state index contributed by atoms with van der Waals surface area (Å²) < 4.78 is 5.34. The largest absolute Gasteiger partial charge is 0.368 e. The number of carbonyl (C=O) groups excluding carboxylic acids is 1. The van der Waals surface area contributed by atoms with Gasteiger partial charge in [-0.25, -0.2) is 0 Å². The van der Waals surface area contributed by atoms with Gasteiger partial charge in [-0.2, -0.15) is 0 Å². The number of alkyl halides is 1. The van der Waals surface area contributed by atoms with Gasteiger partial charge in [0.25, 0.3) is 0 Å². The highest BCUT2D eigenvalue weighted by Crippen LogP contribution is 2.27. The molecule has 0 aromatic rings. The molecule has 1 amide bonds. The smallest absolute Gasteiger partial charge is 0.249 e. The first-order chi connectivity index (χ1) is 7.75. The first-order valence-corrected chi connectivity index (χ1v) is 6.72. The van der Waals surface area contributed by atoms with Crippen LogP contribution in [0.4, 0.5) is 0 Å². The third-order valence-electron chi connectivity index (χ3n) is 3.51. The Morgan fingerprint density at radius 2 is 2.19 bits per heavy atom. The van der Waals surface area contributed by atoms with Gasteiger partial charge in [-0.1, -0.05) is 6.42 Å². The van der Waals surface area contributed by atoms with Crippen LogP contribution in [0.15, 0.2) is 0 Å². The lowest BCUT2D eigenvalue weighted by Gasteiger charge is -2.25. The molecule has 0 spiro atoms. The lowest BCUT2D eigenvalue weighted by atomic mass is 9.89. The molecule has 1 saturated heterocycles. The minimum Gasteiger partial charge on any atom is -0.368 e.